The van der Waals surface area contributed by atoms with Gasteiger partial charge in [-0.2, -0.15) is 0 Å². The van der Waals surface area contributed by atoms with E-state index in [0.29, 0.717) is 5.15 Å². The normalized spacial score (nSPS) is 11.0. The van der Waals surface area contributed by atoms with E-state index in [0.717, 1.165) is 32.9 Å². The molecule has 0 N–H and O–H groups in total. The Morgan fingerprint density at radius 1 is 0.857 bits per heavy atom. The van der Waals surface area contributed by atoms with Crippen molar-refractivity contribution >= 4 is 46.6 Å². The van der Waals surface area contributed by atoms with Gasteiger partial charge in [0.05, 0.1) is 5.69 Å². The molecular weight excluding hydrogens is 435 g/mol. The number of aromatic nitrogens is 4. The Labute approximate surface area is 181 Å². The summed E-state index contributed by atoms with van der Waals surface area (Å²) in [5.41, 5.74) is 3.89. The lowest BCUT2D eigenvalue weighted by atomic mass is 10.1. The standard InChI is InChI=1S/C20H13Cl3N4S/c21-15-5-1-13(2-6-15)11-28-20-24-10-9-17(26-20)14-3-7-16(8-4-14)27-12-25-18(22)19(27)23/h1-10,12H,11H2. The number of benzene rings is 2. The van der Waals surface area contributed by atoms with Crippen LogP contribution in [0.25, 0.3) is 16.9 Å². The van der Waals surface area contributed by atoms with Crippen LogP contribution in [0.4, 0.5) is 0 Å². The van der Waals surface area contributed by atoms with E-state index < -0.39 is 0 Å². The number of hydrogen-bond donors (Lipinski definition) is 0. The van der Waals surface area contributed by atoms with Gasteiger partial charge in [0.1, 0.15) is 6.33 Å². The summed E-state index contributed by atoms with van der Waals surface area (Å²) in [6, 6.07) is 17.5. The van der Waals surface area contributed by atoms with Crippen LogP contribution in [0.1, 0.15) is 5.56 Å². The maximum absolute atomic E-state index is 6.15. The molecule has 2 aromatic heterocycles. The van der Waals surface area contributed by atoms with Gasteiger partial charge in [-0.1, -0.05) is 70.8 Å². The molecule has 28 heavy (non-hydrogen) atoms. The monoisotopic (exact) mass is 446 g/mol. The molecule has 4 aromatic rings. The van der Waals surface area contributed by atoms with Crippen LogP contribution in [0, 0.1) is 0 Å². The van der Waals surface area contributed by atoms with Gasteiger partial charge in [-0.15, -0.1) is 0 Å². The van der Waals surface area contributed by atoms with Crippen molar-refractivity contribution < 1.29 is 0 Å². The van der Waals surface area contributed by atoms with Gasteiger partial charge < -0.3 is 0 Å². The van der Waals surface area contributed by atoms with Crippen LogP contribution < -0.4 is 0 Å². The van der Waals surface area contributed by atoms with E-state index in [1.807, 2.05) is 54.6 Å². The van der Waals surface area contributed by atoms with Gasteiger partial charge in [0, 0.05) is 28.2 Å². The molecule has 0 fully saturated rings. The number of rotatable bonds is 5. The second-order valence-corrected chi connectivity index (χ2v) is 7.98. The summed E-state index contributed by atoms with van der Waals surface area (Å²) in [5.74, 6) is 0.777. The Bertz CT molecular complexity index is 1100. The maximum Gasteiger partial charge on any atom is 0.188 e. The van der Waals surface area contributed by atoms with Crippen LogP contribution in [0.15, 0.2) is 72.3 Å². The van der Waals surface area contributed by atoms with Gasteiger partial charge in [0.25, 0.3) is 0 Å². The molecule has 0 atom stereocenters. The van der Waals surface area contributed by atoms with Crippen molar-refractivity contribution in [2.45, 2.75) is 10.9 Å². The molecule has 0 aliphatic rings. The molecule has 0 radical (unpaired) electrons. The minimum Gasteiger partial charge on any atom is -0.288 e. The van der Waals surface area contributed by atoms with Crippen LogP contribution in [-0.4, -0.2) is 19.5 Å². The average Bonchev–Trinajstić information content (AvgIpc) is 3.06. The number of hydrogen-bond acceptors (Lipinski definition) is 4. The van der Waals surface area contributed by atoms with Crippen molar-refractivity contribution in [2.75, 3.05) is 0 Å². The third kappa shape index (κ3) is 4.33. The second-order valence-electron chi connectivity index (χ2n) is 5.88. The number of halogens is 3. The molecule has 4 nitrogen and oxygen atoms in total. The average molecular weight is 448 g/mol. The number of imidazole rings is 1. The Morgan fingerprint density at radius 2 is 1.61 bits per heavy atom. The van der Waals surface area contributed by atoms with Gasteiger partial charge in [-0.05, 0) is 35.9 Å². The Kier molecular flexibility index (Phi) is 5.87. The summed E-state index contributed by atoms with van der Waals surface area (Å²) in [7, 11) is 0. The molecule has 0 bridgehead atoms. The predicted octanol–water partition coefficient (Wildman–Crippen LogP) is 6.58. The molecule has 140 valence electrons. The number of nitrogens with zero attached hydrogens (tertiary/aromatic N) is 4. The van der Waals surface area contributed by atoms with E-state index >= 15 is 0 Å². The fourth-order valence-electron chi connectivity index (χ4n) is 2.58. The first-order valence-corrected chi connectivity index (χ1v) is 10.4. The molecule has 0 amide bonds. The smallest absolute Gasteiger partial charge is 0.188 e. The first-order chi connectivity index (χ1) is 13.6. The highest BCUT2D eigenvalue weighted by molar-refractivity contribution is 7.98. The Morgan fingerprint density at radius 3 is 2.29 bits per heavy atom. The summed E-state index contributed by atoms with van der Waals surface area (Å²) in [4.78, 5) is 13.0. The van der Waals surface area contributed by atoms with E-state index in [1.54, 1.807) is 28.9 Å². The zero-order valence-electron chi connectivity index (χ0n) is 14.4. The first kappa shape index (κ1) is 19.3. The molecule has 0 spiro atoms. The quantitative estimate of drug-likeness (QED) is 0.256. The van der Waals surface area contributed by atoms with E-state index in [2.05, 4.69) is 15.0 Å². The minimum absolute atomic E-state index is 0.281. The molecule has 0 unspecified atom stereocenters. The largest absolute Gasteiger partial charge is 0.288 e. The zero-order chi connectivity index (χ0) is 19.5. The van der Waals surface area contributed by atoms with Gasteiger partial charge in [-0.25, -0.2) is 15.0 Å². The van der Waals surface area contributed by atoms with Gasteiger partial charge in [0.15, 0.2) is 15.5 Å². The maximum atomic E-state index is 6.15. The molecule has 4 rings (SSSR count). The molecule has 8 heteroatoms. The molecule has 0 saturated carbocycles. The van der Waals surface area contributed by atoms with Crippen molar-refractivity contribution in [1.82, 2.24) is 19.5 Å². The highest BCUT2D eigenvalue weighted by Crippen LogP contribution is 2.27. The van der Waals surface area contributed by atoms with Crippen LogP contribution >= 0.6 is 46.6 Å². The lowest BCUT2D eigenvalue weighted by Crippen LogP contribution is -1.93. The Hall–Kier alpha value is -2.05. The summed E-state index contributed by atoms with van der Waals surface area (Å²) in [5, 5.41) is 2.12. The van der Waals surface area contributed by atoms with Crippen LogP contribution in [-0.2, 0) is 5.75 Å². The van der Waals surface area contributed by atoms with E-state index in [1.165, 1.54) is 5.56 Å². The second kappa shape index (κ2) is 8.53. The molecule has 2 aromatic carbocycles. The fourth-order valence-corrected chi connectivity index (χ4v) is 3.82. The lowest BCUT2D eigenvalue weighted by molar-refractivity contribution is 0.972. The molecule has 0 aliphatic heterocycles. The molecular formula is C20H13Cl3N4S. The van der Waals surface area contributed by atoms with Crippen molar-refractivity contribution in [1.29, 1.82) is 0 Å². The van der Waals surface area contributed by atoms with E-state index in [4.69, 9.17) is 34.8 Å². The number of thioether (sulfide) groups is 1. The van der Waals surface area contributed by atoms with Crippen molar-refractivity contribution in [3.63, 3.8) is 0 Å². The third-order valence-electron chi connectivity index (χ3n) is 4.02. The topological polar surface area (TPSA) is 43.6 Å². The van der Waals surface area contributed by atoms with Crippen molar-refractivity contribution in [2.24, 2.45) is 0 Å². The molecule has 0 aliphatic carbocycles. The summed E-state index contributed by atoms with van der Waals surface area (Å²) in [6.07, 6.45) is 3.36. The lowest BCUT2D eigenvalue weighted by Gasteiger charge is -2.07. The third-order valence-corrected chi connectivity index (χ3v) is 5.94. The van der Waals surface area contributed by atoms with Crippen molar-refractivity contribution in [3.05, 3.63) is 88.0 Å². The van der Waals surface area contributed by atoms with Gasteiger partial charge >= 0.3 is 0 Å². The summed E-state index contributed by atoms with van der Waals surface area (Å²) < 4.78 is 1.72. The predicted molar refractivity (Wildman–Crippen MR) is 116 cm³/mol. The molecule has 2 heterocycles. The first-order valence-electron chi connectivity index (χ1n) is 8.29. The minimum atomic E-state index is 0.281. The summed E-state index contributed by atoms with van der Waals surface area (Å²) >= 11 is 19.6. The highest BCUT2D eigenvalue weighted by atomic mass is 35.5. The van der Waals surface area contributed by atoms with Gasteiger partial charge in [0.2, 0.25) is 0 Å². The Balaban J connectivity index is 1.50. The van der Waals surface area contributed by atoms with E-state index in [-0.39, 0.29) is 5.15 Å². The zero-order valence-corrected chi connectivity index (χ0v) is 17.5. The fraction of sp³-hybridized carbons (Fsp3) is 0.0500. The molecule has 0 saturated heterocycles. The van der Waals surface area contributed by atoms with Gasteiger partial charge in [-0.3, -0.25) is 4.57 Å². The van der Waals surface area contributed by atoms with Crippen LogP contribution in [0.2, 0.25) is 15.3 Å². The summed E-state index contributed by atoms with van der Waals surface area (Å²) in [6.45, 7) is 0. The van der Waals surface area contributed by atoms with Crippen molar-refractivity contribution in [3.8, 4) is 16.9 Å². The SMILES string of the molecule is Clc1ccc(CSc2nccc(-c3ccc(-n4cnc(Cl)c4Cl)cc3)n2)cc1. The van der Waals surface area contributed by atoms with Crippen LogP contribution in [0.5, 0.6) is 0 Å². The van der Waals surface area contributed by atoms with E-state index in [9.17, 15) is 0 Å². The van der Waals surface area contributed by atoms with Crippen LogP contribution in [0.3, 0.4) is 0 Å². The highest BCUT2D eigenvalue weighted by Gasteiger charge is 2.09.